The first-order valence-corrected chi connectivity index (χ1v) is 7.27. The molecule has 19 heavy (non-hydrogen) atoms. The number of carbonyl (C=O) groups excluding carboxylic acids is 1. The normalized spacial score (nSPS) is 22.7. The SMILES string of the molecule is CCc1csc(CC(=O)N2CCC(C)(C(=O)O)C2)n1. The summed E-state index contributed by atoms with van der Waals surface area (Å²) in [5.41, 5.74) is 0.206. The summed E-state index contributed by atoms with van der Waals surface area (Å²) in [5.74, 6) is -0.854. The number of carboxylic acids is 1. The summed E-state index contributed by atoms with van der Waals surface area (Å²) >= 11 is 1.49. The summed E-state index contributed by atoms with van der Waals surface area (Å²) in [5, 5.41) is 11.9. The number of likely N-dealkylation sites (tertiary alicyclic amines) is 1. The minimum Gasteiger partial charge on any atom is -0.481 e. The largest absolute Gasteiger partial charge is 0.481 e. The van der Waals surface area contributed by atoms with Crippen molar-refractivity contribution < 1.29 is 14.7 Å². The van der Waals surface area contributed by atoms with E-state index >= 15 is 0 Å². The Kier molecular flexibility index (Phi) is 3.89. The highest BCUT2D eigenvalue weighted by atomic mass is 32.1. The van der Waals surface area contributed by atoms with E-state index in [1.807, 2.05) is 12.3 Å². The molecule has 1 N–H and O–H groups in total. The minimum absolute atomic E-state index is 0.0259. The van der Waals surface area contributed by atoms with Crippen molar-refractivity contribution in [1.29, 1.82) is 0 Å². The quantitative estimate of drug-likeness (QED) is 0.910. The van der Waals surface area contributed by atoms with Crippen LogP contribution in [0.3, 0.4) is 0 Å². The molecule has 0 saturated carbocycles. The third-order valence-corrected chi connectivity index (χ3v) is 4.50. The number of aliphatic carboxylic acids is 1. The van der Waals surface area contributed by atoms with Gasteiger partial charge in [0.1, 0.15) is 5.01 Å². The maximum Gasteiger partial charge on any atom is 0.311 e. The summed E-state index contributed by atoms with van der Waals surface area (Å²) in [7, 11) is 0. The lowest BCUT2D eigenvalue weighted by Gasteiger charge is -2.19. The van der Waals surface area contributed by atoms with Gasteiger partial charge in [0, 0.05) is 18.5 Å². The highest BCUT2D eigenvalue weighted by molar-refractivity contribution is 7.09. The second-order valence-corrected chi connectivity index (χ2v) is 6.14. The third kappa shape index (κ3) is 2.94. The van der Waals surface area contributed by atoms with Crippen LogP contribution in [0.1, 0.15) is 31.0 Å². The fraction of sp³-hybridized carbons (Fsp3) is 0.615. The average Bonchev–Trinajstić information content (AvgIpc) is 2.96. The first-order chi connectivity index (χ1) is 8.94. The average molecular weight is 282 g/mol. The highest BCUT2D eigenvalue weighted by Gasteiger charge is 2.42. The number of hydrogen-bond donors (Lipinski definition) is 1. The lowest BCUT2D eigenvalue weighted by atomic mass is 9.90. The van der Waals surface area contributed by atoms with E-state index in [9.17, 15) is 9.59 Å². The standard InChI is InChI=1S/C13H18N2O3S/c1-3-9-7-19-10(14-9)6-11(16)15-5-4-13(2,8-15)12(17)18/h7H,3-6,8H2,1-2H3,(H,17,18). The Morgan fingerprint density at radius 1 is 1.58 bits per heavy atom. The molecule has 1 aromatic rings. The zero-order valence-corrected chi connectivity index (χ0v) is 12.0. The number of rotatable bonds is 4. The zero-order chi connectivity index (χ0) is 14.0. The van der Waals surface area contributed by atoms with Crippen LogP contribution >= 0.6 is 11.3 Å². The molecule has 0 aliphatic carbocycles. The molecular formula is C13H18N2O3S. The van der Waals surface area contributed by atoms with Crippen molar-refractivity contribution in [2.24, 2.45) is 5.41 Å². The molecule has 2 heterocycles. The number of aromatic nitrogens is 1. The molecule has 1 unspecified atom stereocenters. The summed E-state index contributed by atoms with van der Waals surface area (Å²) < 4.78 is 0. The Morgan fingerprint density at radius 3 is 2.84 bits per heavy atom. The van der Waals surface area contributed by atoms with Crippen LogP contribution in [0.25, 0.3) is 0 Å². The van der Waals surface area contributed by atoms with Crippen molar-refractivity contribution in [1.82, 2.24) is 9.88 Å². The van der Waals surface area contributed by atoms with E-state index in [0.29, 0.717) is 19.5 Å². The van der Waals surface area contributed by atoms with Crippen LogP contribution in [0.15, 0.2) is 5.38 Å². The van der Waals surface area contributed by atoms with Gasteiger partial charge in [-0.05, 0) is 19.8 Å². The molecule has 1 saturated heterocycles. The van der Waals surface area contributed by atoms with Crippen molar-refractivity contribution in [3.05, 3.63) is 16.1 Å². The Labute approximate surface area is 116 Å². The summed E-state index contributed by atoms with van der Waals surface area (Å²) in [6, 6.07) is 0. The molecule has 6 heteroatoms. The third-order valence-electron chi connectivity index (χ3n) is 3.61. The molecule has 0 bridgehead atoms. The number of aryl methyl sites for hydroxylation is 1. The monoisotopic (exact) mass is 282 g/mol. The zero-order valence-electron chi connectivity index (χ0n) is 11.2. The van der Waals surface area contributed by atoms with Crippen LogP contribution in [-0.2, 0) is 22.4 Å². The lowest BCUT2D eigenvalue weighted by molar-refractivity contribution is -0.147. The van der Waals surface area contributed by atoms with Gasteiger partial charge in [-0.2, -0.15) is 0 Å². The lowest BCUT2D eigenvalue weighted by Crippen LogP contribution is -2.35. The number of nitrogens with zero attached hydrogens (tertiary/aromatic N) is 2. The van der Waals surface area contributed by atoms with Gasteiger partial charge >= 0.3 is 5.97 Å². The fourth-order valence-electron chi connectivity index (χ4n) is 2.18. The van der Waals surface area contributed by atoms with Crippen molar-refractivity contribution in [2.45, 2.75) is 33.1 Å². The van der Waals surface area contributed by atoms with Crippen molar-refractivity contribution in [2.75, 3.05) is 13.1 Å². The van der Waals surface area contributed by atoms with Gasteiger partial charge < -0.3 is 10.0 Å². The first-order valence-electron chi connectivity index (χ1n) is 6.39. The second kappa shape index (κ2) is 5.28. The fourth-order valence-corrected chi connectivity index (χ4v) is 3.05. The number of hydrogen-bond acceptors (Lipinski definition) is 4. The van der Waals surface area contributed by atoms with E-state index in [1.54, 1.807) is 11.8 Å². The Bertz CT molecular complexity index is 500. The summed E-state index contributed by atoms with van der Waals surface area (Å²) in [4.78, 5) is 29.3. The molecule has 104 valence electrons. The van der Waals surface area contributed by atoms with E-state index in [2.05, 4.69) is 4.98 Å². The number of thiazole rings is 1. The Morgan fingerprint density at radius 2 is 2.32 bits per heavy atom. The predicted molar refractivity (Wildman–Crippen MR) is 72.1 cm³/mol. The molecule has 0 spiro atoms. The van der Waals surface area contributed by atoms with Gasteiger partial charge in [0.2, 0.25) is 5.91 Å². The maximum atomic E-state index is 12.1. The summed E-state index contributed by atoms with van der Waals surface area (Å²) in [6.07, 6.45) is 1.66. The second-order valence-electron chi connectivity index (χ2n) is 5.19. The smallest absolute Gasteiger partial charge is 0.311 e. The van der Waals surface area contributed by atoms with E-state index in [-0.39, 0.29) is 12.3 Å². The van der Waals surface area contributed by atoms with Gasteiger partial charge in [0.05, 0.1) is 17.5 Å². The van der Waals surface area contributed by atoms with E-state index < -0.39 is 11.4 Å². The molecule has 1 atom stereocenters. The van der Waals surface area contributed by atoms with Crippen LogP contribution in [0.2, 0.25) is 0 Å². The number of carbonyl (C=O) groups is 2. The molecule has 1 fully saturated rings. The number of carboxylic acid groups (broad SMARTS) is 1. The van der Waals surface area contributed by atoms with Crippen molar-refractivity contribution >= 4 is 23.2 Å². The number of amides is 1. The molecule has 1 aromatic heterocycles. The Hall–Kier alpha value is -1.43. The van der Waals surface area contributed by atoms with Crippen LogP contribution in [0.5, 0.6) is 0 Å². The van der Waals surface area contributed by atoms with E-state index in [4.69, 9.17) is 5.11 Å². The van der Waals surface area contributed by atoms with E-state index in [0.717, 1.165) is 17.1 Å². The molecular weight excluding hydrogens is 264 g/mol. The molecule has 1 aliphatic heterocycles. The van der Waals surface area contributed by atoms with Crippen LogP contribution in [0.4, 0.5) is 0 Å². The first kappa shape index (κ1) is 14.0. The van der Waals surface area contributed by atoms with Crippen LogP contribution in [-0.4, -0.2) is 40.0 Å². The van der Waals surface area contributed by atoms with Crippen LogP contribution < -0.4 is 0 Å². The van der Waals surface area contributed by atoms with Gasteiger partial charge in [-0.1, -0.05) is 6.92 Å². The van der Waals surface area contributed by atoms with Gasteiger partial charge in [-0.25, -0.2) is 4.98 Å². The van der Waals surface area contributed by atoms with Gasteiger partial charge in [-0.3, -0.25) is 9.59 Å². The molecule has 0 radical (unpaired) electrons. The molecule has 5 nitrogen and oxygen atoms in total. The Balaban J connectivity index is 1.96. The highest BCUT2D eigenvalue weighted by Crippen LogP contribution is 2.30. The van der Waals surface area contributed by atoms with E-state index in [1.165, 1.54) is 11.3 Å². The maximum absolute atomic E-state index is 12.1. The topological polar surface area (TPSA) is 70.5 Å². The molecule has 0 aromatic carbocycles. The molecule has 1 aliphatic rings. The molecule has 1 amide bonds. The van der Waals surface area contributed by atoms with Gasteiger partial charge in [-0.15, -0.1) is 11.3 Å². The predicted octanol–water partition coefficient (Wildman–Crippen LogP) is 1.57. The van der Waals surface area contributed by atoms with Crippen LogP contribution in [0, 0.1) is 5.41 Å². The molecule has 2 rings (SSSR count). The van der Waals surface area contributed by atoms with Crippen molar-refractivity contribution in [3.8, 4) is 0 Å². The summed E-state index contributed by atoms with van der Waals surface area (Å²) in [6.45, 7) is 4.54. The van der Waals surface area contributed by atoms with Gasteiger partial charge in [0.15, 0.2) is 0 Å². The minimum atomic E-state index is -0.828. The van der Waals surface area contributed by atoms with Gasteiger partial charge in [0.25, 0.3) is 0 Å². The van der Waals surface area contributed by atoms with Crippen molar-refractivity contribution in [3.63, 3.8) is 0 Å².